The van der Waals surface area contributed by atoms with Crippen LogP contribution < -0.4 is 21.3 Å². The molecular weight excluding hydrogens is 532 g/mol. The first-order valence-corrected chi connectivity index (χ1v) is 13.4. The summed E-state index contributed by atoms with van der Waals surface area (Å²) in [6.07, 6.45) is 0.0920. The summed E-state index contributed by atoms with van der Waals surface area (Å²) in [4.78, 5) is 49.7. The number of ether oxygens (including phenoxy) is 1. The van der Waals surface area contributed by atoms with Gasteiger partial charge in [-0.1, -0.05) is 60.7 Å². The summed E-state index contributed by atoms with van der Waals surface area (Å²) in [5, 5.41) is 11.3. The van der Waals surface area contributed by atoms with E-state index >= 15 is 0 Å². The summed E-state index contributed by atoms with van der Waals surface area (Å²) >= 11 is 0. The average molecular weight is 565 g/mol. The summed E-state index contributed by atoms with van der Waals surface area (Å²) in [6.45, 7) is 1.91. The Morgan fingerprint density at radius 2 is 1.33 bits per heavy atom. The Bertz CT molecular complexity index is 1540. The minimum Gasteiger partial charge on any atom is -0.469 e. The van der Waals surface area contributed by atoms with Gasteiger partial charge >= 0.3 is 12.0 Å². The van der Waals surface area contributed by atoms with Crippen LogP contribution >= 0.6 is 0 Å². The largest absolute Gasteiger partial charge is 0.469 e. The van der Waals surface area contributed by atoms with Gasteiger partial charge in [0.1, 0.15) is 0 Å². The second-order valence-electron chi connectivity index (χ2n) is 9.61. The maximum Gasteiger partial charge on any atom is 0.323 e. The van der Waals surface area contributed by atoms with Gasteiger partial charge in [-0.05, 0) is 66.1 Å². The zero-order chi connectivity index (χ0) is 29.9. The first kappa shape index (κ1) is 29.5. The zero-order valence-electron chi connectivity index (χ0n) is 23.3. The van der Waals surface area contributed by atoms with Crippen LogP contribution in [0.4, 0.5) is 21.9 Å². The van der Waals surface area contributed by atoms with Gasteiger partial charge < -0.3 is 26.0 Å². The van der Waals surface area contributed by atoms with Crippen molar-refractivity contribution < 1.29 is 23.9 Å². The van der Waals surface area contributed by atoms with E-state index in [1.54, 1.807) is 72.8 Å². The molecule has 9 nitrogen and oxygen atoms in total. The van der Waals surface area contributed by atoms with E-state index in [4.69, 9.17) is 4.74 Å². The molecule has 4 aromatic carbocycles. The Morgan fingerprint density at radius 1 is 0.714 bits per heavy atom. The zero-order valence-corrected chi connectivity index (χ0v) is 23.3. The highest BCUT2D eigenvalue weighted by Crippen LogP contribution is 2.21. The third-order valence-electron chi connectivity index (χ3n) is 6.51. The number of esters is 1. The van der Waals surface area contributed by atoms with Gasteiger partial charge in [0.15, 0.2) is 0 Å². The minimum absolute atomic E-state index is 0.0425. The van der Waals surface area contributed by atoms with E-state index in [-0.39, 0.29) is 30.7 Å². The standard InChI is InChI=1S/C33H32N4O5/c1-22-8-6-7-11-28(22)37-33(41)35-27-16-12-23(13-17-27)20-30(38)34-26-18-14-24(15-19-26)29(21-31(39)42-2)36-32(40)25-9-4-3-5-10-25/h3-19,29H,20-21H2,1-2H3,(H,34,38)(H,36,40)(H2,35,37,41)/t29-/m1/s1. The van der Waals surface area contributed by atoms with E-state index in [2.05, 4.69) is 21.3 Å². The molecule has 0 saturated heterocycles. The number of nitrogens with one attached hydrogen (secondary N) is 4. The smallest absolute Gasteiger partial charge is 0.323 e. The molecule has 0 aromatic heterocycles. The Balaban J connectivity index is 1.32. The fourth-order valence-electron chi connectivity index (χ4n) is 4.23. The van der Waals surface area contributed by atoms with Crippen molar-refractivity contribution >= 4 is 40.9 Å². The molecule has 9 heteroatoms. The Hall–Kier alpha value is -5.44. The third-order valence-corrected chi connectivity index (χ3v) is 6.51. The molecule has 0 bridgehead atoms. The molecule has 0 fully saturated rings. The normalized spacial score (nSPS) is 11.1. The number of hydrogen-bond donors (Lipinski definition) is 4. The van der Waals surface area contributed by atoms with Crippen molar-refractivity contribution in [1.29, 1.82) is 0 Å². The molecule has 4 N–H and O–H groups in total. The van der Waals surface area contributed by atoms with Crippen molar-refractivity contribution in [3.05, 3.63) is 125 Å². The molecule has 4 amide bonds. The lowest BCUT2D eigenvalue weighted by Crippen LogP contribution is -2.30. The van der Waals surface area contributed by atoms with Gasteiger partial charge in [0.2, 0.25) is 5.91 Å². The van der Waals surface area contributed by atoms with Crippen LogP contribution in [0.15, 0.2) is 103 Å². The number of carbonyl (C=O) groups excluding carboxylic acids is 4. The molecule has 0 saturated carbocycles. The first-order valence-electron chi connectivity index (χ1n) is 13.4. The third kappa shape index (κ3) is 8.53. The van der Waals surface area contributed by atoms with Crippen LogP contribution in [0, 0.1) is 6.92 Å². The highest BCUT2D eigenvalue weighted by atomic mass is 16.5. The van der Waals surface area contributed by atoms with E-state index in [9.17, 15) is 19.2 Å². The monoisotopic (exact) mass is 564 g/mol. The number of amides is 4. The number of hydrogen-bond acceptors (Lipinski definition) is 5. The topological polar surface area (TPSA) is 126 Å². The maximum atomic E-state index is 12.7. The molecule has 0 aliphatic rings. The van der Waals surface area contributed by atoms with E-state index in [1.165, 1.54) is 7.11 Å². The average Bonchev–Trinajstić information content (AvgIpc) is 2.99. The van der Waals surface area contributed by atoms with Gasteiger partial charge in [-0.15, -0.1) is 0 Å². The predicted octanol–water partition coefficient (Wildman–Crippen LogP) is 5.85. The van der Waals surface area contributed by atoms with Crippen LogP contribution in [0.25, 0.3) is 0 Å². The molecular formula is C33H32N4O5. The van der Waals surface area contributed by atoms with E-state index in [0.29, 0.717) is 22.5 Å². The van der Waals surface area contributed by atoms with E-state index in [0.717, 1.165) is 16.8 Å². The molecule has 1 atom stereocenters. The predicted molar refractivity (Wildman–Crippen MR) is 162 cm³/mol. The maximum absolute atomic E-state index is 12.7. The highest BCUT2D eigenvalue weighted by Gasteiger charge is 2.20. The second-order valence-corrected chi connectivity index (χ2v) is 9.61. The second kappa shape index (κ2) is 14.3. The lowest BCUT2D eigenvalue weighted by Gasteiger charge is -2.19. The molecule has 0 radical (unpaired) electrons. The van der Waals surface area contributed by atoms with Gasteiger partial charge in [0.05, 0.1) is 26.0 Å². The SMILES string of the molecule is COC(=O)C[C@@H](NC(=O)c1ccccc1)c1ccc(NC(=O)Cc2ccc(NC(=O)Nc3ccccc3C)cc2)cc1. The lowest BCUT2D eigenvalue weighted by molar-refractivity contribution is -0.141. The number of methoxy groups -OCH3 is 1. The van der Waals surface area contributed by atoms with Gasteiger partial charge in [-0.3, -0.25) is 14.4 Å². The van der Waals surface area contributed by atoms with Crippen LogP contribution in [0.2, 0.25) is 0 Å². The van der Waals surface area contributed by atoms with Gasteiger partial charge in [0, 0.05) is 22.6 Å². The van der Waals surface area contributed by atoms with Crippen molar-refractivity contribution in [3.8, 4) is 0 Å². The number of para-hydroxylation sites is 1. The Labute approximate surface area is 244 Å². The van der Waals surface area contributed by atoms with Gasteiger partial charge in [-0.25, -0.2) is 4.79 Å². The molecule has 4 aromatic rings. The van der Waals surface area contributed by atoms with Crippen LogP contribution in [0.5, 0.6) is 0 Å². The molecule has 0 aliphatic carbocycles. The molecule has 42 heavy (non-hydrogen) atoms. The molecule has 0 unspecified atom stereocenters. The Kier molecular flexibility index (Phi) is 10.0. The van der Waals surface area contributed by atoms with Crippen molar-refractivity contribution in [2.75, 3.05) is 23.1 Å². The molecule has 0 heterocycles. The van der Waals surface area contributed by atoms with Crippen LogP contribution in [-0.2, 0) is 20.7 Å². The summed E-state index contributed by atoms with van der Waals surface area (Å²) < 4.78 is 4.81. The van der Waals surface area contributed by atoms with Gasteiger partial charge in [-0.2, -0.15) is 0 Å². The molecule has 214 valence electrons. The van der Waals surface area contributed by atoms with Crippen molar-refractivity contribution in [2.24, 2.45) is 0 Å². The fourth-order valence-corrected chi connectivity index (χ4v) is 4.23. The quantitative estimate of drug-likeness (QED) is 0.180. The molecule has 0 aliphatic heterocycles. The highest BCUT2D eigenvalue weighted by molar-refractivity contribution is 6.00. The van der Waals surface area contributed by atoms with Crippen LogP contribution in [0.1, 0.15) is 39.5 Å². The number of anilines is 3. The lowest BCUT2D eigenvalue weighted by atomic mass is 10.0. The summed E-state index contributed by atoms with van der Waals surface area (Å²) in [5.74, 6) is -0.988. The minimum atomic E-state index is -0.610. The number of urea groups is 1. The van der Waals surface area contributed by atoms with E-state index in [1.807, 2.05) is 37.3 Å². The van der Waals surface area contributed by atoms with E-state index < -0.39 is 12.0 Å². The Morgan fingerprint density at radius 3 is 2.00 bits per heavy atom. The van der Waals surface area contributed by atoms with Crippen molar-refractivity contribution in [3.63, 3.8) is 0 Å². The number of aryl methyl sites for hydroxylation is 1. The van der Waals surface area contributed by atoms with Crippen molar-refractivity contribution in [2.45, 2.75) is 25.8 Å². The molecule has 0 spiro atoms. The summed E-state index contributed by atoms with van der Waals surface area (Å²) in [6, 6.07) is 29.2. The van der Waals surface area contributed by atoms with Gasteiger partial charge in [0.25, 0.3) is 5.91 Å². The number of carbonyl (C=O) groups is 4. The summed E-state index contributed by atoms with van der Waals surface area (Å²) in [7, 11) is 1.30. The number of benzene rings is 4. The first-order chi connectivity index (χ1) is 20.3. The fraction of sp³-hybridized carbons (Fsp3) is 0.152. The molecule has 4 rings (SSSR count). The number of rotatable bonds is 10. The van der Waals surface area contributed by atoms with Crippen LogP contribution in [0.3, 0.4) is 0 Å². The van der Waals surface area contributed by atoms with Crippen LogP contribution in [-0.4, -0.2) is 30.9 Å². The summed E-state index contributed by atoms with van der Waals surface area (Å²) in [5.41, 5.74) is 4.80. The van der Waals surface area contributed by atoms with Crippen molar-refractivity contribution in [1.82, 2.24) is 5.32 Å².